The second-order valence-corrected chi connectivity index (χ2v) is 3.31. The smallest absolute Gasteiger partial charge is 0.433 e. The Kier molecular flexibility index (Phi) is 2.71. The zero-order chi connectivity index (χ0) is 12.5. The van der Waals surface area contributed by atoms with Crippen LogP contribution >= 0.6 is 0 Å². The van der Waals surface area contributed by atoms with Crippen LogP contribution in [0.4, 0.5) is 13.2 Å². The fourth-order valence-electron chi connectivity index (χ4n) is 1.30. The highest BCUT2D eigenvalue weighted by molar-refractivity contribution is 5.57. The third-order valence-electron chi connectivity index (χ3n) is 2.05. The van der Waals surface area contributed by atoms with E-state index in [0.29, 0.717) is 5.56 Å². The van der Waals surface area contributed by atoms with Crippen molar-refractivity contribution in [2.45, 2.75) is 6.18 Å². The molecule has 0 spiro atoms. The minimum Gasteiger partial charge on any atom is -0.508 e. The average molecular weight is 240 g/mol. The van der Waals surface area contributed by atoms with Crippen molar-refractivity contribution in [3.8, 4) is 17.1 Å². The number of phenols is 1. The molecule has 0 aliphatic carbocycles. The number of halogens is 3. The van der Waals surface area contributed by atoms with Gasteiger partial charge in [-0.1, -0.05) is 12.1 Å². The Hall–Kier alpha value is -2.11. The van der Waals surface area contributed by atoms with Gasteiger partial charge in [0, 0.05) is 11.8 Å². The van der Waals surface area contributed by atoms with Crippen molar-refractivity contribution in [3.05, 3.63) is 42.2 Å². The number of phenolic OH excluding ortho intramolecular Hbond substituents is 1. The Morgan fingerprint density at radius 3 is 2.53 bits per heavy atom. The first-order chi connectivity index (χ1) is 7.97. The molecule has 0 radical (unpaired) electrons. The summed E-state index contributed by atoms with van der Waals surface area (Å²) in [5, 5.41) is 9.23. The van der Waals surface area contributed by atoms with Crippen molar-refractivity contribution in [2.24, 2.45) is 0 Å². The molecule has 3 nitrogen and oxygen atoms in total. The highest BCUT2D eigenvalue weighted by atomic mass is 19.4. The molecule has 1 aromatic carbocycles. The van der Waals surface area contributed by atoms with Gasteiger partial charge >= 0.3 is 6.18 Å². The number of hydrogen-bond donors (Lipinski definition) is 1. The molecule has 2 aromatic rings. The maximum absolute atomic E-state index is 12.4. The van der Waals surface area contributed by atoms with E-state index < -0.39 is 11.9 Å². The number of nitrogens with zero attached hydrogens (tertiary/aromatic N) is 2. The van der Waals surface area contributed by atoms with Crippen LogP contribution in [0, 0.1) is 0 Å². The molecule has 6 heteroatoms. The van der Waals surface area contributed by atoms with E-state index in [1.807, 2.05) is 0 Å². The van der Waals surface area contributed by atoms with Crippen LogP contribution in [-0.4, -0.2) is 15.1 Å². The number of hydrogen-bond acceptors (Lipinski definition) is 3. The van der Waals surface area contributed by atoms with Crippen LogP contribution in [0.5, 0.6) is 5.75 Å². The van der Waals surface area contributed by atoms with Crippen molar-refractivity contribution < 1.29 is 18.3 Å². The Bertz CT molecular complexity index is 540. The minimum absolute atomic E-state index is 0.0523. The SMILES string of the molecule is Oc1cccc(-c2nccc(C(F)(F)F)n2)c1. The number of aromatic nitrogens is 2. The highest BCUT2D eigenvalue weighted by Gasteiger charge is 2.32. The average Bonchev–Trinajstić information content (AvgIpc) is 2.28. The van der Waals surface area contributed by atoms with E-state index in [1.54, 1.807) is 0 Å². The van der Waals surface area contributed by atoms with Crippen molar-refractivity contribution in [3.63, 3.8) is 0 Å². The molecule has 0 unspecified atom stereocenters. The van der Waals surface area contributed by atoms with E-state index in [4.69, 9.17) is 0 Å². The lowest BCUT2D eigenvalue weighted by atomic mass is 10.2. The van der Waals surface area contributed by atoms with Crippen molar-refractivity contribution in [1.29, 1.82) is 0 Å². The largest absolute Gasteiger partial charge is 0.508 e. The molecule has 0 saturated carbocycles. The first-order valence-electron chi connectivity index (χ1n) is 4.66. The molecule has 0 saturated heterocycles. The lowest BCUT2D eigenvalue weighted by Gasteiger charge is -2.07. The monoisotopic (exact) mass is 240 g/mol. The summed E-state index contributed by atoms with van der Waals surface area (Å²) in [7, 11) is 0. The molecule has 0 amide bonds. The normalized spacial score (nSPS) is 11.5. The van der Waals surface area contributed by atoms with Gasteiger partial charge in [0.1, 0.15) is 11.4 Å². The molecule has 0 aliphatic heterocycles. The molecule has 88 valence electrons. The van der Waals surface area contributed by atoms with Gasteiger partial charge in [0.05, 0.1) is 0 Å². The second-order valence-electron chi connectivity index (χ2n) is 3.31. The third kappa shape index (κ3) is 2.52. The Morgan fingerprint density at radius 2 is 1.88 bits per heavy atom. The summed E-state index contributed by atoms with van der Waals surface area (Å²) in [5.41, 5.74) is -0.679. The number of rotatable bonds is 1. The van der Waals surface area contributed by atoms with Gasteiger partial charge in [-0.25, -0.2) is 9.97 Å². The van der Waals surface area contributed by atoms with Crippen LogP contribution in [0.15, 0.2) is 36.5 Å². The third-order valence-corrected chi connectivity index (χ3v) is 2.05. The quantitative estimate of drug-likeness (QED) is 0.833. The van der Waals surface area contributed by atoms with Gasteiger partial charge in [-0.3, -0.25) is 0 Å². The summed E-state index contributed by atoms with van der Waals surface area (Å²) in [6, 6.07) is 6.54. The number of aromatic hydroxyl groups is 1. The van der Waals surface area contributed by atoms with Crippen molar-refractivity contribution >= 4 is 0 Å². The van der Waals surface area contributed by atoms with E-state index in [0.717, 1.165) is 12.3 Å². The highest BCUT2D eigenvalue weighted by Crippen LogP contribution is 2.29. The summed E-state index contributed by atoms with van der Waals surface area (Å²) in [5.74, 6) is -0.126. The van der Waals surface area contributed by atoms with Crippen molar-refractivity contribution in [1.82, 2.24) is 9.97 Å². The summed E-state index contributed by atoms with van der Waals surface area (Å²) < 4.78 is 37.3. The zero-order valence-corrected chi connectivity index (χ0v) is 8.44. The van der Waals surface area contributed by atoms with E-state index in [2.05, 4.69) is 9.97 Å². The molecular formula is C11H7F3N2O. The summed E-state index contributed by atoms with van der Waals surface area (Å²) in [6.45, 7) is 0. The van der Waals surface area contributed by atoms with Crippen LogP contribution in [0.3, 0.4) is 0 Å². The number of benzene rings is 1. The summed E-state index contributed by atoms with van der Waals surface area (Å²) in [4.78, 5) is 7.15. The Labute approximate surface area is 94.6 Å². The summed E-state index contributed by atoms with van der Waals surface area (Å²) in [6.07, 6.45) is -3.47. The van der Waals surface area contributed by atoms with Crippen LogP contribution in [0.25, 0.3) is 11.4 Å². The van der Waals surface area contributed by atoms with Crippen LogP contribution in [-0.2, 0) is 6.18 Å². The van der Waals surface area contributed by atoms with Gasteiger partial charge in [-0.15, -0.1) is 0 Å². The summed E-state index contributed by atoms with van der Waals surface area (Å²) >= 11 is 0. The molecule has 17 heavy (non-hydrogen) atoms. The molecule has 0 bridgehead atoms. The van der Waals surface area contributed by atoms with Gasteiger partial charge in [-0.05, 0) is 18.2 Å². The lowest BCUT2D eigenvalue weighted by Crippen LogP contribution is -2.08. The van der Waals surface area contributed by atoms with Gasteiger partial charge in [-0.2, -0.15) is 13.2 Å². The standard InChI is InChI=1S/C11H7F3N2O/c12-11(13,14)9-4-5-15-10(16-9)7-2-1-3-8(17)6-7/h1-6,17H. The lowest BCUT2D eigenvalue weighted by molar-refractivity contribution is -0.141. The van der Waals surface area contributed by atoms with Gasteiger partial charge < -0.3 is 5.11 Å². The fraction of sp³-hybridized carbons (Fsp3) is 0.0909. The fourth-order valence-corrected chi connectivity index (χ4v) is 1.30. The number of alkyl halides is 3. The Morgan fingerprint density at radius 1 is 1.12 bits per heavy atom. The van der Waals surface area contributed by atoms with Gasteiger partial charge in [0.15, 0.2) is 5.82 Å². The predicted octanol–water partition coefficient (Wildman–Crippen LogP) is 2.87. The van der Waals surface area contributed by atoms with E-state index in [9.17, 15) is 18.3 Å². The van der Waals surface area contributed by atoms with Gasteiger partial charge in [0.25, 0.3) is 0 Å². The molecule has 1 N–H and O–H groups in total. The Balaban J connectivity index is 2.47. The van der Waals surface area contributed by atoms with E-state index in [-0.39, 0.29) is 11.6 Å². The minimum atomic E-state index is -4.51. The molecule has 0 aliphatic rings. The maximum Gasteiger partial charge on any atom is 0.433 e. The molecule has 1 heterocycles. The van der Waals surface area contributed by atoms with Gasteiger partial charge in [0.2, 0.25) is 0 Å². The molecule has 2 rings (SSSR count). The first kappa shape index (κ1) is 11.4. The predicted molar refractivity (Wildman–Crippen MR) is 54.1 cm³/mol. The van der Waals surface area contributed by atoms with E-state index in [1.165, 1.54) is 24.3 Å². The first-order valence-corrected chi connectivity index (χ1v) is 4.66. The topological polar surface area (TPSA) is 46.0 Å². The second kappa shape index (κ2) is 4.04. The maximum atomic E-state index is 12.4. The zero-order valence-electron chi connectivity index (χ0n) is 8.44. The molecule has 0 atom stereocenters. The molecular weight excluding hydrogens is 233 g/mol. The molecule has 1 aromatic heterocycles. The van der Waals surface area contributed by atoms with Crippen LogP contribution in [0.1, 0.15) is 5.69 Å². The van der Waals surface area contributed by atoms with Crippen molar-refractivity contribution in [2.75, 3.05) is 0 Å². The van der Waals surface area contributed by atoms with Crippen LogP contribution in [0.2, 0.25) is 0 Å². The van der Waals surface area contributed by atoms with Crippen LogP contribution < -0.4 is 0 Å². The van der Waals surface area contributed by atoms with E-state index >= 15 is 0 Å². The molecule has 0 fully saturated rings.